The van der Waals surface area contributed by atoms with Gasteiger partial charge in [0.15, 0.2) is 0 Å². The van der Waals surface area contributed by atoms with Crippen molar-refractivity contribution in [1.29, 1.82) is 0 Å². The van der Waals surface area contributed by atoms with Crippen molar-refractivity contribution < 1.29 is 22.7 Å². The summed E-state index contributed by atoms with van der Waals surface area (Å²) in [5.41, 5.74) is 2.51. The van der Waals surface area contributed by atoms with Crippen molar-refractivity contribution in [2.45, 2.75) is 37.8 Å². The van der Waals surface area contributed by atoms with Gasteiger partial charge < -0.3 is 14.4 Å². The maximum Gasteiger partial charge on any atom is 0.241 e. The number of fused-ring (bicyclic) bond motifs is 1. The Morgan fingerprint density at radius 1 is 1.09 bits per heavy atom. The average molecular weight is 488 g/mol. The monoisotopic (exact) mass is 487 g/mol. The van der Waals surface area contributed by atoms with Crippen molar-refractivity contribution in [1.82, 2.24) is 14.5 Å². The van der Waals surface area contributed by atoms with Crippen molar-refractivity contribution in [2.75, 3.05) is 39.9 Å². The van der Waals surface area contributed by atoms with Gasteiger partial charge in [0.1, 0.15) is 17.5 Å². The molecule has 0 bridgehead atoms. The molecule has 1 atom stereocenters. The predicted octanol–water partition coefficient (Wildman–Crippen LogP) is 2.28. The minimum atomic E-state index is -3.84. The molecular formula is C25H33N3O5S. The van der Waals surface area contributed by atoms with Crippen LogP contribution in [0, 0.1) is 5.92 Å². The summed E-state index contributed by atoms with van der Waals surface area (Å²) < 4.78 is 39.2. The smallest absolute Gasteiger partial charge is 0.241 e. The third kappa shape index (κ3) is 5.54. The number of amides is 1. The van der Waals surface area contributed by atoms with Crippen LogP contribution in [0.1, 0.15) is 25.0 Å². The molecular weight excluding hydrogens is 454 g/mol. The summed E-state index contributed by atoms with van der Waals surface area (Å²) >= 11 is 0. The molecule has 2 aromatic carbocycles. The van der Waals surface area contributed by atoms with Gasteiger partial charge in [-0.05, 0) is 47.4 Å². The van der Waals surface area contributed by atoms with Crippen LogP contribution < -0.4 is 14.2 Å². The van der Waals surface area contributed by atoms with Gasteiger partial charge in [-0.2, -0.15) is 4.72 Å². The summed E-state index contributed by atoms with van der Waals surface area (Å²) in [7, 11) is -2.32. The number of methoxy groups -OCH3 is 1. The number of nitrogens with zero attached hydrogens (tertiary/aromatic N) is 2. The average Bonchev–Trinajstić information content (AvgIpc) is 3.30. The number of piperazine rings is 1. The molecule has 0 radical (unpaired) electrons. The third-order valence-corrected chi connectivity index (χ3v) is 7.89. The summed E-state index contributed by atoms with van der Waals surface area (Å²) in [6.45, 7) is 7.91. The zero-order chi connectivity index (χ0) is 24.3. The van der Waals surface area contributed by atoms with E-state index in [-0.39, 0.29) is 16.7 Å². The Labute approximate surface area is 201 Å². The number of hydrogen-bond donors (Lipinski definition) is 1. The van der Waals surface area contributed by atoms with E-state index in [1.165, 1.54) is 30.4 Å². The van der Waals surface area contributed by atoms with Crippen LogP contribution in [-0.2, 0) is 27.8 Å². The molecule has 2 heterocycles. The van der Waals surface area contributed by atoms with Crippen LogP contribution in [0.15, 0.2) is 47.4 Å². The Kier molecular flexibility index (Phi) is 7.45. The molecule has 0 spiro atoms. The Bertz CT molecular complexity index is 1110. The number of carbonyl (C=O) groups excluding carboxylic acids is 1. The van der Waals surface area contributed by atoms with Gasteiger partial charge >= 0.3 is 0 Å². The summed E-state index contributed by atoms with van der Waals surface area (Å²) in [6.07, 6.45) is 0.953. The van der Waals surface area contributed by atoms with Crippen LogP contribution in [0.5, 0.6) is 11.5 Å². The summed E-state index contributed by atoms with van der Waals surface area (Å²) in [5.74, 6) is 1.19. The first-order valence-electron chi connectivity index (χ1n) is 11.7. The summed E-state index contributed by atoms with van der Waals surface area (Å²) in [5, 5.41) is 0. The SMILES string of the molecule is COc1ccc(S(=O)(=O)N[C@H](C(=O)N2CCN(Cc3ccc4c(c3)CCO4)CC2)C(C)C)cc1. The zero-order valence-corrected chi connectivity index (χ0v) is 20.8. The van der Waals surface area contributed by atoms with Gasteiger partial charge in [0.2, 0.25) is 15.9 Å². The number of rotatable bonds is 8. The molecule has 1 N–H and O–H groups in total. The number of carbonyl (C=O) groups is 1. The number of hydrogen-bond acceptors (Lipinski definition) is 6. The fraction of sp³-hybridized carbons (Fsp3) is 0.480. The highest BCUT2D eigenvalue weighted by atomic mass is 32.2. The van der Waals surface area contributed by atoms with E-state index in [9.17, 15) is 13.2 Å². The van der Waals surface area contributed by atoms with Crippen LogP contribution in [0.4, 0.5) is 0 Å². The van der Waals surface area contributed by atoms with E-state index in [1.807, 2.05) is 19.9 Å². The van der Waals surface area contributed by atoms with Gasteiger partial charge in [0.25, 0.3) is 0 Å². The van der Waals surface area contributed by atoms with Gasteiger partial charge in [-0.25, -0.2) is 8.42 Å². The van der Waals surface area contributed by atoms with E-state index in [2.05, 4.69) is 21.8 Å². The normalized spacial score (nSPS) is 17.4. The van der Waals surface area contributed by atoms with Crippen LogP contribution in [-0.4, -0.2) is 70.1 Å². The minimum absolute atomic E-state index is 0.108. The van der Waals surface area contributed by atoms with E-state index in [4.69, 9.17) is 9.47 Å². The topological polar surface area (TPSA) is 88.2 Å². The number of sulfonamides is 1. The van der Waals surface area contributed by atoms with Crippen LogP contribution >= 0.6 is 0 Å². The Hall–Kier alpha value is -2.62. The van der Waals surface area contributed by atoms with E-state index in [0.29, 0.717) is 18.8 Å². The van der Waals surface area contributed by atoms with Crippen LogP contribution in [0.2, 0.25) is 0 Å². The van der Waals surface area contributed by atoms with Crippen molar-refractivity contribution in [3.8, 4) is 11.5 Å². The Balaban J connectivity index is 1.36. The van der Waals surface area contributed by atoms with Crippen LogP contribution in [0.3, 0.4) is 0 Å². The molecule has 2 aliphatic heterocycles. The van der Waals surface area contributed by atoms with E-state index in [1.54, 1.807) is 17.0 Å². The first-order chi connectivity index (χ1) is 16.3. The lowest BCUT2D eigenvalue weighted by Crippen LogP contribution is -2.56. The van der Waals surface area contributed by atoms with Gasteiger partial charge in [-0.15, -0.1) is 0 Å². The molecule has 2 aromatic rings. The van der Waals surface area contributed by atoms with E-state index < -0.39 is 16.1 Å². The number of nitrogens with one attached hydrogen (secondary N) is 1. The van der Waals surface area contributed by atoms with E-state index in [0.717, 1.165) is 38.4 Å². The molecule has 8 nitrogen and oxygen atoms in total. The third-order valence-electron chi connectivity index (χ3n) is 6.43. The van der Waals surface area contributed by atoms with Crippen molar-refractivity contribution >= 4 is 15.9 Å². The molecule has 0 aromatic heterocycles. The highest BCUT2D eigenvalue weighted by Gasteiger charge is 2.33. The fourth-order valence-electron chi connectivity index (χ4n) is 4.38. The van der Waals surface area contributed by atoms with E-state index >= 15 is 0 Å². The molecule has 0 aliphatic carbocycles. The number of ether oxygens (including phenoxy) is 2. The maximum atomic E-state index is 13.3. The zero-order valence-electron chi connectivity index (χ0n) is 20.0. The first kappa shape index (κ1) is 24.5. The van der Waals surface area contributed by atoms with Crippen LogP contribution in [0.25, 0.3) is 0 Å². The predicted molar refractivity (Wildman–Crippen MR) is 129 cm³/mol. The second-order valence-electron chi connectivity index (χ2n) is 9.16. The standard InChI is InChI=1S/C25H33N3O5S/c1-18(2)24(26-34(30,31)22-7-5-21(32-3)6-8-22)25(29)28-13-11-27(12-14-28)17-19-4-9-23-20(16-19)10-15-33-23/h4-9,16,18,24,26H,10-15,17H2,1-3H3/t24-/m0/s1. The van der Waals surface area contributed by atoms with Gasteiger partial charge in [0.05, 0.1) is 18.6 Å². The molecule has 2 aliphatic rings. The van der Waals surface area contributed by atoms with Crippen molar-refractivity contribution in [3.05, 3.63) is 53.6 Å². The van der Waals surface area contributed by atoms with Crippen molar-refractivity contribution in [3.63, 3.8) is 0 Å². The fourth-order valence-corrected chi connectivity index (χ4v) is 5.72. The molecule has 0 unspecified atom stereocenters. The first-order valence-corrected chi connectivity index (χ1v) is 13.2. The number of benzene rings is 2. The Morgan fingerprint density at radius 3 is 2.44 bits per heavy atom. The molecule has 1 saturated heterocycles. The quantitative estimate of drug-likeness (QED) is 0.615. The Morgan fingerprint density at radius 2 is 1.79 bits per heavy atom. The molecule has 184 valence electrons. The second-order valence-corrected chi connectivity index (χ2v) is 10.9. The molecule has 4 rings (SSSR count). The minimum Gasteiger partial charge on any atom is -0.497 e. The van der Waals surface area contributed by atoms with Crippen molar-refractivity contribution in [2.24, 2.45) is 5.92 Å². The summed E-state index contributed by atoms with van der Waals surface area (Å²) in [6, 6.07) is 11.7. The molecule has 9 heteroatoms. The molecule has 1 fully saturated rings. The molecule has 34 heavy (non-hydrogen) atoms. The lowest BCUT2D eigenvalue weighted by atomic mass is 10.0. The summed E-state index contributed by atoms with van der Waals surface area (Å²) in [4.78, 5) is 17.5. The van der Waals surface area contributed by atoms with Gasteiger partial charge in [-0.3, -0.25) is 9.69 Å². The lowest BCUT2D eigenvalue weighted by molar-refractivity contribution is -0.135. The van der Waals surface area contributed by atoms with Gasteiger partial charge in [0, 0.05) is 39.1 Å². The highest BCUT2D eigenvalue weighted by Crippen LogP contribution is 2.26. The van der Waals surface area contributed by atoms with Gasteiger partial charge in [-0.1, -0.05) is 26.0 Å². The largest absolute Gasteiger partial charge is 0.497 e. The maximum absolute atomic E-state index is 13.3. The second kappa shape index (κ2) is 10.3. The molecule has 0 saturated carbocycles. The lowest BCUT2D eigenvalue weighted by Gasteiger charge is -2.37. The highest BCUT2D eigenvalue weighted by molar-refractivity contribution is 7.89. The molecule has 1 amide bonds.